The van der Waals surface area contributed by atoms with Crippen LogP contribution in [0.2, 0.25) is 0 Å². The molecule has 0 aliphatic rings. The van der Waals surface area contributed by atoms with Gasteiger partial charge < -0.3 is 4.74 Å². The molecule has 0 saturated heterocycles. The molecule has 0 spiro atoms. The maximum atomic E-state index is 5.46. The molecule has 0 heterocycles. The average Bonchev–Trinajstić information content (AvgIpc) is 2.11. The summed E-state index contributed by atoms with van der Waals surface area (Å²) in [6.07, 6.45) is 8.28. The van der Waals surface area contributed by atoms with Crippen LogP contribution in [0.3, 0.4) is 0 Å². The first-order valence-corrected chi connectivity index (χ1v) is 5.80. The van der Waals surface area contributed by atoms with Crippen molar-refractivity contribution in [1.29, 1.82) is 0 Å². The number of hydrogen-bond donors (Lipinski definition) is 0. The maximum absolute atomic E-state index is 5.46. The Morgan fingerprint density at radius 1 is 1.14 bits per heavy atom. The van der Waals surface area contributed by atoms with E-state index >= 15 is 0 Å². The first-order valence-electron chi connectivity index (χ1n) is 5.80. The van der Waals surface area contributed by atoms with Crippen molar-refractivity contribution in [1.82, 2.24) is 0 Å². The molecule has 0 amide bonds. The maximum Gasteiger partial charge on any atom is 0.153 e. The Bertz CT molecular complexity index is 152. The molecular formula is C12H25NO. The van der Waals surface area contributed by atoms with Gasteiger partial charge in [-0.3, -0.25) is 4.99 Å². The smallest absolute Gasteiger partial charge is 0.153 e. The zero-order valence-corrected chi connectivity index (χ0v) is 10.2. The highest BCUT2D eigenvalue weighted by molar-refractivity contribution is 5.57. The van der Waals surface area contributed by atoms with Crippen molar-refractivity contribution in [3.8, 4) is 0 Å². The summed E-state index contributed by atoms with van der Waals surface area (Å²) < 4.78 is 5.46. The number of aliphatic imine (C=N–C) groups is 1. The molecular weight excluding hydrogens is 174 g/mol. The van der Waals surface area contributed by atoms with Gasteiger partial charge in [0.2, 0.25) is 0 Å². The van der Waals surface area contributed by atoms with E-state index in [1.54, 1.807) is 0 Å². The standard InChI is InChI=1S/C12H25NO/c1-5-7-8-9-10-11-13-12(3,4)14-6-2/h11H,5-10H2,1-4H3/b13-11+. The molecule has 0 rings (SSSR count). The summed E-state index contributed by atoms with van der Waals surface area (Å²) >= 11 is 0. The molecule has 0 aliphatic heterocycles. The van der Waals surface area contributed by atoms with Crippen LogP contribution in [0.1, 0.15) is 59.8 Å². The summed E-state index contributed by atoms with van der Waals surface area (Å²) in [5.74, 6) is 0. The predicted octanol–water partition coefficient (Wildman–Crippen LogP) is 3.80. The molecule has 0 fully saturated rings. The minimum atomic E-state index is -0.334. The second-order valence-electron chi connectivity index (χ2n) is 4.04. The Morgan fingerprint density at radius 3 is 2.43 bits per heavy atom. The summed E-state index contributed by atoms with van der Waals surface area (Å²) in [5, 5.41) is 0. The molecule has 2 nitrogen and oxygen atoms in total. The average molecular weight is 199 g/mol. The minimum Gasteiger partial charge on any atom is -0.355 e. The van der Waals surface area contributed by atoms with Crippen LogP contribution in [0.5, 0.6) is 0 Å². The van der Waals surface area contributed by atoms with Gasteiger partial charge in [0.05, 0.1) is 0 Å². The molecule has 2 heteroatoms. The minimum absolute atomic E-state index is 0.334. The van der Waals surface area contributed by atoms with Gasteiger partial charge in [0.25, 0.3) is 0 Å². The third kappa shape index (κ3) is 8.24. The Morgan fingerprint density at radius 2 is 1.86 bits per heavy atom. The van der Waals surface area contributed by atoms with E-state index in [-0.39, 0.29) is 5.72 Å². The van der Waals surface area contributed by atoms with E-state index in [1.165, 1.54) is 25.7 Å². The third-order valence-electron chi connectivity index (χ3n) is 2.09. The summed E-state index contributed by atoms with van der Waals surface area (Å²) in [6.45, 7) is 8.95. The molecule has 0 aromatic carbocycles. The van der Waals surface area contributed by atoms with Gasteiger partial charge in [0.1, 0.15) is 0 Å². The first kappa shape index (κ1) is 13.6. The Kier molecular flexibility index (Phi) is 7.77. The van der Waals surface area contributed by atoms with Gasteiger partial charge in [-0.1, -0.05) is 26.2 Å². The van der Waals surface area contributed by atoms with Gasteiger partial charge >= 0.3 is 0 Å². The molecule has 0 aromatic heterocycles. The van der Waals surface area contributed by atoms with Crippen molar-refractivity contribution in [3.63, 3.8) is 0 Å². The SMILES string of the molecule is CCCCCC/C=N/C(C)(C)OCC. The lowest BCUT2D eigenvalue weighted by Crippen LogP contribution is -2.21. The van der Waals surface area contributed by atoms with Crippen LogP contribution in [-0.4, -0.2) is 18.5 Å². The highest BCUT2D eigenvalue weighted by Crippen LogP contribution is 2.10. The number of nitrogens with zero attached hydrogens (tertiary/aromatic N) is 1. The van der Waals surface area contributed by atoms with Crippen LogP contribution >= 0.6 is 0 Å². The van der Waals surface area contributed by atoms with Crippen molar-refractivity contribution < 1.29 is 4.74 Å². The number of ether oxygens (including phenoxy) is 1. The van der Waals surface area contributed by atoms with E-state index in [2.05, 4.69) is 11.9 Å². The van der Waals surface area contributed by atoms with Gasteiger partial charge in [-0.05, 0) is 33.6 Å². The number of rotatable bonds is 8. The molecule has 0 aliphatic carbocycles. The molecule has 14 heavy (non-hydrogen) atoms. The molecule has 0 aromatic rings. The van der Waals surface area contributed by atoms with Gasteiger partial charge in [0.15, 0.2) is 5.72 Å². The predicted molar refractivity (Wildman–Crippen MR) is 63.0 cm³/mol. The topological polar surface area (TPSA) is 21.6 Å². The second-order valence-corrected chi connectivity index (χ2v) is 4.04. The van der Waals surface area contributed by atoms with Crippen molar-refractivity contribution in [2.24, 2.45) is 4.99 Å². The first-order chi connectivity index (χ1) is 6.62. The van der Waals surface area contributed by atoms with Gasteiger partial charge in [-0.25, -0.2) is 0 Å². The van der Waals surface area contributed by atoms with Crippen LogP contribution in [-0.2, 0) is 4.74 Å². The van der Waals surface area contributed by atoms with Crippen LogP contribution in [0.15, 0.2) is 4.99 Å². The van der Waals surface area contributed by atoms with Crippen molar-refractivity contribution in [3.05, 3.63) is 0 Å². The molecule has 84 valence electrons. The highest BCUT2D eigenvalue weighted by Gasteiger charge is 2.12. The molecule has 0 saturated carbocycles. The van der Waals surface area contributed by atoms with E-state index in [0.717, 1.165) is 13.0 Å². The number of hydrogen-bond acceptors (Lipinski definition) is 2. The Hall–Kier alpha value is -0.370. The summed E-state index contributed by atoms with van der Waals surface area (Å²) in [5.41, 5.74) is -0.334. The van der Waals surface area contributed by atoms with Crippen molar-refractivity contribution in [2.45, 2.75) is 65.5 Å². The van der Waals surface area contributed by atoms with Crippen LogP contribution in [0.25, 0.3) is 0 Å². The van der Waals surface area contributed by atoms with Crippen LogP contribution in [0.4, 0.5) is 0 Å². The van der Waals surface area contributed by atoms with E-state index in [9.17, 15) is 0 Å². The summed E-state index contributed by atoms with van der Waals surface area (Å²) in [7, 11) is 0. The fraction of sp³-hybridized carbons (Fsp3) is 0.917. The van der Waals surface area contributed by atoms with Crippen LogP contribution in [0, 0.1) is 0 Å². The second kappa shape index (κ2) is 7.98. The van der Waals surface area contributed by atoms with E-state index in [1.807, 2.05) is 27.0 Å². The monoisotopic (exact) mass is 199 g/mol. The Labute approximate surface area is 88.8 Å². The molecule has 0 bridgehead atoms. The summed E-state index contributed by atoms with van der Waals surface area (Å²) in [4.78, 5) is 4.40. The van der Waals surface area contributed by atoms with Crippen molar-refractivity contribution >= 4 is 6.21 Å². The van der Waals surface area contributed by atoms with E-state index < -0.39 is 0 Å². The van der Waals surface area contributed by atoms with Gasteiger partial charge in [-0.2, -0.15) is 0 Å². The molecule has 0 N–H and O–H groups in total. The fourth-order valence-corrected chi connectivity index (χ4v) is 1.34. The van der Waals surface area contributed by atoms with Crippen LogP contribution < -0.4 is 0 Å². The van der Waals surface area contributed by atoms with Gasteiger partial charge in [0, 0.05) is 12.8 Å². The quantitative estimate of drug-likeness (QED) is 0.430. The lowest BCUT2D eigenvalue weighted by molar-refractivity contribution is -0.00218. The highest BCUT2D eigenvalue weighted by atomic mass is 16.5. The van der Waals surface area contributed by atoms with E-state index in [4.69, 9.17) is 4.74 Å². The molecule has 0 atom stereocenters. The third-order valence-corrected chi connectivity index (χ3v) is 2.09. The molecule has 0 unspecified atom stereocenters. The van der Waals surface area contributed by atoms with Crippen molar-refractivity contribution in [2.75, 3.05) is 6.61 Å². The fourth-order valence-electron chi connectivity index (χ4n) is 1.34. The lowest BCUT2D eigenvalue weighted by Gasteiger charge is -2.19. The number of unbranched alkanes of at least 4 members (excludes halogenated alkanes) is 4. The summed E-state index contributed by atoms with van der Waals surface area (Å²) in [6, 6.07) is 0. The molecule has 0 radical (unpaired) electrons. The van der Waals surface area contributed by atoms with E-state index in [0.29, 0.717) is 0 Å². The zero-order valence-electron chi connectivity index (χ0n) is 10.2. The normalized spacial score (nSPS) is 12.6. The van der Waals surface area contributed by atoms with Gasteiger partial charge in [-0.15, -0.1) is 0 Å². The zero-order chi connectivity index (χ0) is 10.9. The lowest BCUT2D eigenvalue weighted by atomic mass is 10.2. The Balaban J connectivity index is 3.50. The largest absolute Gasteiger partial charge is 0.355 e.